The van der Waals surface area contributed by atoms with Gasteiger partial charge >= 0.3 is 5.97 Å². The molecule has 3 nitrogen and oxygen atoms in total. The van der Waals surface area contributed by atoms with Crippen LogP contribution in [-0.4, -0.2) is 17.7 Å². The number of fused-ring (bicyclic) bond motifs is 1. The van der Waals surface area contributed by atoms with Crippen LogP contribution in [0.25, 0.3) is 0 Å². The van der Waals surface area contributed by atoms with E-state index in [1.165, 1.54) is 30.4 Å². The van der Waals surface area contributed by atoms with Crippen molar-refractivity contribution >= 4 is 5.97 Å². The number of aliphatic carboxylic acids is 1. The molecule has 1 aliphatic rings. The van der Waals surface area contributed by atoms with Gasteiger partial charge < -0.3 is 9.84 Å². The van der Waals surface area contributed by atoms with Gasteiger partial charge in [0.1, 0.15) is 5.75 Å². The minimum absolute atomic E-state index is 0.579. The molecule has 0 fully saturated rings. The van der Waals surface area contributed by atoms with Crippen molar-refractivity contribution in [3.8, 4) is 5.75 Å². The summed E-state index contributed by atoms with van der Waals surface area (Å²) in [5.74, 6) is 0.171. The summed E-state index contributed by atoms with van der Waals surface area (Å²) in [6.45, 7) is 4.10. The van der Waals surface area contributed by atoms with Crippen molar-refractivity contribution < 1.29 is 14.6 Å². The SMILES string of the molecule is CC(C)(CCCOc1ccc2c(c1)CCCC2)C(=O)O. The van der Waals surface area contributed by atoms with E-state index in [1.807, 2.05) is 6.07 Å². The Balaban J connectivity index is 1.81. The minimum atomic E-state index is -0.744. The lowest BCUT2D eigenvalue weighted by molar-refractivity contribution is -0.147. The minimum Gasteiger partial charge on any atom is -0.494 e. The van der Waals surface area contributed by atoms with Gasteiger partial charge in [0.15, 0.2) is 0 Å². The zero-order valence-corrected chi connectivity index (χ0v) is 12.4. The van der Waals surface area contributed by atoms with E-state index in [1.54, 1.807) is 13.8 Å². The first-order valence-electron chi connectivity index (χ1n) is 7.47. The number of ether oxygens (including phenoxy) is 1. The van der Waals surface area contributed by atoms with Crippen molar-refractivity contribution in [3.63, 3.8) is 0 Å². The lowest BCUT2D eigenvalue weighted by atomic mass is 9.88. The van der Waals surface area contributed by atoms with Gasteiger partial charge in [-0.3, -0.25) is 4.79 Å². The maximum absolute atomic E-state index is 11.0. The van der Waals surface area contributed by atoms with E-state index in [-0.39, 0.29) is 0 Å². The van der Waals surface area contributed by atoms with E-state index < -0.39 is 11.4 Å². The molecule has 20 heavy (non-hydrogen) atoms. The molecule has 0 aliphatic heterocycles. The van der Waals surface area contributed by atoms with E-state index >= 15 is 0 Å². The summed E-state index contributed by atoms with van der Waals surface area (Å²) in [5, 5.41) is 9.05. The third-order valence-corrected chi connectivity index (χ3v) is 4.11. The Morgan fingerprint density at radius 3 is 2.65 bits per heavy atom. The monoisotopic (exact) mass is 276 g/mol. The molecule has 3 heteroatoms. The maximum atomic E-state index is 11.0. The fraction of sp³-hybridized carbons (Fsp3) is 0.588. The highest BCUT2D eigenvalue weighted by Gasteiger charge is 2.26. The number of benzene rings is 1. The Morgan fingerprint density at radius 1 is 1.25 bits per heavy atom. The van der Waals surface area contributed by atoms with Crippen LogP contribution in [0.5, 0.6) is 5.75 Å². The average molecular weight is 276 g/mol. The number of carboxylic acid groups (broad SMARTS) is 1. The van der Waals surface area contributed by atoms with E-state index in [9.17, 15) is 4.79 Å². The fourth-order valence-electron chi connectivity index (χ4n) is 2.61. The van der Waals surface area contributed by atoms with Crippen LogP contribution in [0.3, 0.4) is 0 Å². The number of hydrogen-bond donors (Lipinski definition) is 1. The Morgan fingerprint density at radius 2 is 1.95 bits per heavy atom. The van der Waals surface area contributed by atoms with Gasteiger partial charge in [-0.15, -0.1) is 0 Å². The summed E-state index contributed by atoms with van der Waals surface area (Å²) in [6.07, 6.45) is 6.28. The smallest absolute Gasteiger partial charge is 0.309 e. The van der Waals surface area contributed by atoms with Crippen LogP contribution >= 0.6 is 0 Å². The number of rotatable bonds is 6. The third kappa shape index (κ3) is 3.75. The summed E-state index contributed by atoms with van der Waals surface area (Å²) in [4.78, 5) is 11.0. The topological polar surface area (TPSA) is 46.5 Å². The average Bonchev–Trinajstić information content (AvgIpc) is 2.43. The number of hydrogen-bond acceptors (Lipinski definition) is 2. The molecule has 0 unspecified atom stereocenters. The lowest BCUT2D eigenvalue weighted by Gasteiger charge is -2.19. The molecule has 0 atom stereocenters. The molecule has 1 aliphatic carbocycles. The number of carbonyl (C=O) groups is 1. The molecule has 0 aromatic heterocycles. The van der Waals surface area contributed by atoms with Crippen LogP contribution in [0.15, 0.2) is 18.2 Å². The highest BCUT2D eigenvalue weighted by Crippen LogP contribution is 2.26. The molecule has 0 saturated heterocycles. The first-order valence-corrected chi connectivity index (χ1v) is 7.47. The van der Waals surface area contributed by atoms with Gasteiger partial charge in [-0.25, -0.2) is 0 Å². The van der Waals surface area contributed by atoms with Crippen molar-refractivity contribution in [2.75, 3.05) is 6.61 Å². The van der Waals surface area contributed by atoms with Gasteiger partial charge in [0.2, 0.25) is 0 Å². The highest BCUT2D eigenvalue weighted by atomic mass is 16.5. The van der Waals surface area contributed by atoms with Gasteiger partial charge in [0.25, 0.3) is 0 Å². The first kappa shape index (κ1) is 14.9. The molecule has 0 bridgehead atoms. The molecule has 0 saturated carbocycles. The molecule has 0 amide bonds. The molecular formula is C17H24O3. The van der Waals surface area contributed by atoms with Gasteiger partial charge in [0.05, 0.1) is 12.0 Å². The first-order chi connectivity index (χ1) is 9.49. The second-order valence-electron chi connectivity index (χ2n) is 6.28. The molecule has 1 aromatic carbocycles. The van der Waals surface area contributed by atoms with Crippen LogP contribution in [0.4, 0.5) is 0 Å². The van der Waals surface area contributed by atoms with E-state index in [0.717, 1.165) is 18.6 Å². The van der Waals surface area contributed by atoms with Crippen molar-refractivity contribution in [3.05, 3.63) is 29.3 Å². The van der Waals surface area contributed by atoms with E-state index in [0.29, 0.717) is 13.0 Å². The zero-order valence-electron chi connectivity index (χ0n) is 12.4. The Hall–Kier alpha value is -1.51. The summed E-state index contributed by atoms with van der Waals surface area (Å²) < 4.78 is 5.75. The molecule has 2 rings (SSSR count). The maximum Gasteiger partial charge on any atom is 0.309 e. The molecular weight excluding hydrogens is 252 g/mol. The van der Waals surface area contributed by atoms with Crippen LogP contribution in [0.1, 0.15) is 50.7 Å². The summed E-state index contributed by atoms with van der Waals surface area (Å²) in [7, 11) is 0. The summed E-state index contributed by atoms with van der Waals surface area (Å²) >= 11 is 0. The third-order valence-electron chi connectivity index (χ3n) is 4.11. The second kappa shape index (κ2) is 6.29. The van der Waals surface area contributed by atoms with Crippen molar-refractivity contribution in [1.82, 2.24) is 0 Å². The van der Waals surface area contributed by atoms with Crippen LogP contribution in [-0.2, 0) is 17.6 Å². The zero-order chi connectivity index (χ0) is 14.6. The number of aryl methyl sites for hydroxylation is 2. The Kier molecular flexibility index (Phi) is 4.69. The van der Waals surface area contributed by atoms with Gasteiger partial charge in [-0.1, -0.05) is 6.07 Å². The largest absolute Gasteiger partial charge is 0.494 e. The van der Waals surface area contributed by atoms with Crippen LogP contribution in [0, 0.1) is 5.41 Å². The molecule has 110 valence electrons. The fourth-order valence-corrected chi connectivity index (χ4v) is 2.61. The second-order valence-corrected chi connectivity index (χ2v) is 6.28. The Bertz CT molecular complexity index is 477. The summed E-state index contributed by atoms with van der Waals surface area (Å²) in [6, 6.07) is 6.36. The number of carboxylic acids is 1. The molecule has 0 spiro atoms. The predicted molar refractivity (Wildman–Crippen MR) is 79.2 cm³/mol. The molecule has 1 aromatic rings. The van der Waals surface area contributed by atoms with Crippen LogP contribution < -0.4 is 4.74 Å². The van der Waals surface area contributed by atoms with E-state index in [4.69, 9.17) is 9.84 Å². The molecule has 0 radical (unpaired) electrons. The van der Waals surface area contributed by atoms with Crippen molar-refractivity contribution in [1.29, 1.82) is 0 Å². The highest BCUT2D eigenvalue weighted by molar-refractivity contribution is 5.73. The van der Waals surface area contributed by atoms with Gasteiger partial charge in [0, 0.05) is 0 Å². The van der Waals surface area contributed by atoms with Gasteiger partial charge in [-0.2, -0.15) is 0 Å². The van der Waals surface area contributed by atoms with Crippen LogP contribution in [0.2, 0.25) is 0 Å². The standard InChI is InChI=1S/C17H24O3/c1-17(2,16(18)19)10-5-11-20-15-9-8-13-6-3-4-7-14(13)12-15/h8-9,12H,3-7,10-11H2,1-2H3,(H,18,19). The van der Waals surface area contributed by atoms with Crippen molar-refractivity contribution in [2.45, 2.75) is 52.4 Å². The predicted octanol–water partition coefficient (Wildman–Crippen LogP) is 3.84. The quantitative estimate of drug-likeness (QED) is 0.803. The molecule has 0 heterocycles. The Labute approximate surface area is 121 Å². The summed E-state index contributed by atoms with van der Waals surface area (Å²) in [5.41, 5.74) is 2.20. The molecule has 1 N–H and O–H groups in total. The van der Waals surface area contributed by atoms with Gasteiger partial charge in [-0.05, 0) is 75.6 Å². The van der Waals surface area contributed by atoms with Crippen molar-refractivity contribution in [2.24, 2.45) is 5.41 Å². The normalized spacial score (nSPS) is 14.7. The lowest BCUT2D eigenvalue weighted by Crippen LogP contribution is -2.24. The van der Waals surface area contributed by atoms with E-state index in [2.05, 4.69) is 12.1 Å².